The van der Waals surface area contributed by atoms with Gasteiger partial charge in [0.15, 0.2) is 0 Å². The Bertz CT molecular complexity index is 590. The molecule has 7 nitrogen and oxygen atoms in total. The van der Waals surface area contributed by atoms with E-state index in [-0.39, 0.29) is 12.0 Å². The summed E-state index contributed by atoms with van der Waals surface area (Å²) < 4.78 is 5.41. The van der Waals surface area contributed by atoms with Crippen molar-refractivity contribution in [3.05, 3.63) is 30.3 Å². The van der Waals surface area contributed by atoms with Crippen LogP contribution in [0.15, 0.2) is 30.3 Å². The number of carbonyl (C=O) groups excluding carboxylic acids is 2. The smallest absolute Gasteiger partial charge is 0.410 e. The molecule has 2 amide bonds. The lowest BCUT2D eigenvalue weighted by Crippen LogP contribution is -2.59. The van der Waals surface area contributed by atoms with Crippen LogP contribution < -0.4 is 10.8 Å². The molecular weight excluding hydrogens is 322 g/mol. The van der Waals surface area contributed by atoms with Gasteiger partial charge in [-0.25, -0.2) is 10.3 Å². The zero-order valence-electron chi connectivity index (χ0n) is 15.3. The Kier molecular flexibility index (Phi) is 5.89. The number of ether oxygens (including phenoxy) is 1. The Morgan fingerprint density at radius 3 is 2.24 bits per heavy atom. The Balaban J connectivity index is 2.09. The first kappa shape index (κ1) is 19.1. The maximum absolute atomic E-state index is 12.6. The van der Waals surface area contributed by atoms with E-state index in [2.05, 4.69) is 10.8 Å². The van der Waals surface area contributed by atoms with Gasteiger partial charge in [0, 0.05) is 18.8 Å². The van der Waals surface area contributed by atoms with E-state index in [0.29, 0.717) is 25.9 Å². The number of carbonyl (C=O) groups is 2. The Hall–Kier alpha value is -2.28. The van der Waals surface area contributed by atoms with Gasteiger partial charge in [0.05, 0.1) is 7.11 Å². The Labute approximate surface area is 148 Å². The summed E-state index contributed by atoms with van der Waals surface area (Å²) in [7, 11) is 1.41. The lowest BCUT2D eigenvalue weighted by Gasteiger charge is -2.41. The fourth-order valence-corrected chi connectivity index (χ4v) is 2.79. The zero-order chi connectivity index (χ0) is 18.5. The van der Waals surface area contributed by atoms with Crippen molar-refractivity contribution in [2.24, 2.45) is 0 Å². The normalized spacial score (nSPS) is 16.9. The van der Waals surface area contributed by atoms with Gasteiger partial charge in [-0.3, -0.25) is 9.63 Å². The third-order valence-electron chi connectivity index (χ3n) is 4.06. The molecule has 2 N–H and O–H groups in total. The van der Waals surface area contributed by atoms with Gasteiger partial charge < -0.3 is 15.0 Å². The molecule has 1 heterocycles. The summed E-state index contributed by atoms with van der Waals surface area (Å²) >= 11 is 0. The molecule has 7 heteroatoms. The van der Waals surface area contributed by atoms with E-state index < -0.39 is 11.1 Å². The molecule has 1 aliphatic heterocycles. The van der Waals surface area contributed by atoms with Crippen molar-refractivity contribution in [3.8, 4) is 0 Å². The predicted octanol–water partition coefficient (Wildman–Crippen LogP) is 2.55. The molecule has 2 rings (SSSR count). The second kappa shape index (κ2) is 7.74. The summed E-state index contributed by atoms with van der Waals surface area (Å²) in [6.07, 6.45) is 0.556. The third-order valence-corrected chi connectivity index (χ3v) is 4.06. The highest BCUT2D eigenvalue weighted by Crippen LogP contribution is 2.28. The number of piperidine rings is 1. The fraction of sp³-hybridized carbons (Fsp3) is 0.556. The van der Waals surface area contributed by atoms with Crippen LogP contribution in [0, 0.1) is 0 Å². The molecule has 0 aliphatic carbocycles. The van der Waals surface area contributed by atoms with Crippen LogP contribution in [0.1, 0.15) is 33.6 Å². The molecule has 0 bridgehead atoms. The van der Waals surface area contributed by atoms with Crippen LogP contribution in [0.4, 0.5) is 10.5 Å². The molecular formula is C18H27N3O4. The quantitative estimate of drug-likeness (QED) is 0.817. The van der Waals surface area contributed by atoms with Crippen molar-refractivity contribution in [1.82, 2.24) is 10.4 Å². The van der Waals surface area contributed by atoms with Crippen molar-refractivity contribution in [2.75, 3.05) is 25.5 Å². The highest BCUT2D eigenvalue weighted by atomic mass is 16.6. The first-order valence-corrected chi connectivity index (χ1v) is 8.40. The molecule has 1 aliphatic rings. The average Bonchev–Trinajstić information content (AvgIpc) is 2.55. The number of amides is 2. The number of rotatable bonds is 4. The second-order valence-corrected chi connectivity index (χ2v) is 7.18. The summed E-state index contributed by atoms with van der Waals surface area (Å²) in [6.45, 7) is 6.35. The molecule has 0 spiro atoms. The number of hydroxylamine groups is 1. The molecule has 0 saturated carbocycles. The molecule has 0 atom stereocenters. The van der Waals surface area contributed by atoms with E-state index in [1.165, 1.54) is 7.11 Å². The molecule has 1 fully saturated rings. The van der Waals surface area contributed by atoms with E-state index in [0.717, 1.165) is 5.69 Å². The molecule has 1 aromatic rings. The van der Waals surface area contributed by atoms with Crippen molar-refractivity contribution in [2.45, 2.75) is 44.8 Å². The van der Waals surface area contributed by atoms with E-state index in [1.807, 2.05) is 51.1 Å². The number of anilines is 1. The number of hydrogen-bond acceptors (Lipinski definition) is 5. The minimum Gasteiger partial charge on any atom is -0.444 e. The van der Waals surface area contributed by atoms with E-state index >= 15 is 0 Å². The number of benzene rings is 1. The van der Waals surface area contributed by atoms with Crippen molar-refractivity contribution >= 4 is 17.7 Å². The van der Waals surface area contributed by atoms with Crippen molar-refractivity contribution in [1.29, 1.82) is 0 Å². The molecule has 0 unspecified atom stereocenters. The molecule has 138 valence electrons. The summed E-state index contributed by atoms with van der Waals surface area (Å²) in [5.74, 6) is -0.248. The second-order valence-electron chi connectivity index (χ2n) is 7.18. The van der Waals surface area contributed by atoms with E-state index in [1.54, 1.807) is 4.90 Å². The summed E-state index contributed by atoms with van der Waals surface area (Å²) in [5, 5.41) is 3.32. The number of nitrogens with one attached hydrogen (secondary N) is 2. The topological polar surface area (TPSA) is 79.9 Å². The molecule has 1 aromatic carbocycles. The predicted molar refractivity (Wildman–Crippen MR) is 95.0 cm³/mol. The standard InChI is InChI=1S/C18H27N3O4/c1-17(2,3)25-16(23)21-12-10-18(11-13-21,15(22)20-24-4)19-14-8-6-5-7-9-14/h5-9,19H,10-13H2,1-4H3,(H,20,22). The number of hydrogen-bond donors (Lipinski definition) is 2. The van der Waals surface area contributed by atoms with Gasteiger partial charge >= 0.3 is 6.09 Å². The van der Waals surface area contributed by atoms with Gasteiger partial charge in [-0.15, -0.1) is 0 Å². The first-order valence-electron chi connectivity index (χ1n) is 8.40. The average molecular weight is 349 g/mol. The zero-order valence-corrected chi connectivity index (χ0v) is 15.3. The van der Waals surface area contributed by atoms with Gasteiger partial charge in [0.25, 0.3) is 5.91 Å². The summed E-state index contributed by atoms with van der Waals surface area (Å²) in [5.41, 5.74) is 1.89. The highest BCUT2D eigenvalue weighted by molar-refractivity contribution is 5.89. The van der Waals surface area contributed by atoms with E-state index in [4.69, 9.17) is 9.57 Å². The fourth-order valence-electron chi connectivity index (χ4n) is 2.79. The van der Waals surface area contributed by atoms with Gasteiger partial charge in [0.1, 0.15) is 11.1 Å². The van der Waals surface area contributed by atoms with Crippen LogP contribution in [0.5, 0.6) is 0 Å². The molecule has 0 radical (unpaired) electrons. The van der Waals surface area contributed by atoms with Gasteiger partial charge in [0.2, 0.25) is 0 Å². The molecule has 0 aromatic heterocycles. The minimum atomic E-state index is -0.837. The van der Waals surface area contributed by atoms with Gasteiger partial charge in [-0.2, -0.15) is 0 Å². The Morgan fingerprint density at radius 1 is 1.12 bits per heavy atom. The maximum atomic E-state index is 12.6. The SMILES string of the molecule is CONC(=O)C1(Nc2ccccc2)CCN(C(=O)OC(C)(C)C)CC1. The monoisotopic (exact) mass is 349 g/mol. The number of likely N-dealkylation sites (tertiary alicyclic amines) is 1. The van der Waals surface area contributed by atoms with E-state index in [9.17, 15) is 9.59 Å². The summed E-state index contributed by atoms with van der Waals surface area (Å²) in [6, 6.07) is 9.53. The minimum absolute atomic E-state index is 0.248. The van der Waals surface area contributed by atoms with Crippen LogP contribution in [0.2, 0.25) is 0 Å². The maximum Gasteiger partial charge on any atom is 0.410 e. The lowest BCUT2D eigenvalue weighted by atomic mass is 9.86. The highest BCUT2D eigenvalue weighted by Gasteiger charge is 2.43. The van der Waals surface area contributed by atoms with Crippen LogP contribution in [0.3, 0.4) is 0 Å². The van der Waals surface area contributed by atoms with Crippen LogP contribution in [-0.4, -0.2) is 48.2 Å². The van der Waals surface area contributed by atoms with Crippen LogP contribution in [0.25, 0.3) is 0 Å². The number of para-hydroxylation sites is 1. The third kappa shape index (κ3) is 5.09. The van der Waals surface area contributed by atoms with Gasteiger partial charge in [-0.1, -0.05) is 18.2 Å². The first-order chi connectivity index (χ1) is 11.8. The summed E-state index contributed by atoms with van der Waals surface area (Å²) in [4.78, 5) is 31.3. The molecule has 25 heavy (non-hydrogen) atoms. The van der Waals surface area contributed by atoms with Crippen molar-refractivity contribution in [3.63, 3.8) is 0 Å². The molecule has 1 saturated heterocycles. The largest absolute Gasteiger partial charge is 0.444 e. The Morgan fingerprint density at radius 2 is 1.72 bits per heavy atom. The van der Waals surface area contributed by atoms with Crippen LogP contribution >= 0.6 is 0 Å². The number of nitrogens with zero attached hydrogens (tertiary/aromatic N) is 1. The lowest BCUT2D eigenvalue weighted by molar-refractivity contribution is -0.137. The van der Waals surface area contributed by atoms with Gasteiger partial charge in [-0.05, 0) is 45.7 Å². The van der Waals surface area contributed by atoms with Crippen LogP contribution in [-0.2, 0) is 14.4 Å². The van der Waals surface area contributed by atoms with Crippen molar-refractivity contribution < 1.29 is 19.2 Å².